The predicted molar refractivity (Wildman–Crippen MR) is 142 cm³/mol. The number of rotatable bonds is 8. The molecule has 2 aromatic carbocycles. The van der Waals surface area contributed by atoms with Gasteiger partial charge in [-0.2, -0.15) is 5.26 Å². The van der Waals surface area contributed by atoms with Gasteiger partial charge in [0.1, 0.15) is 5.03 Å². The maximum Gasteiger partial charge on any atom is 0.263 e. The van der Waals surface area contributed by atoms with E-state index in [4.69, 9.17) is 15.2 Å². The van der Waals surface area contributed by atoms with Gasteiger partial charge in [-0.3, -0.25) is 9.00 Å². The zero-order chi connectivity index (χ0) is 28.3. The predicted octanol–water partition coefficient (Wildman–Crippen LogP) is 4.32. The van der Waals surface area contributed by atoms with Crippen LogP contribution < -0.4 is 15.2 Å². The van der Waals surface area contributed by atoms with Crippen molar-refractivity contribution in [3.05, 3.63) is 88.6 Å². The van der Waals surface area contributed by atoms with Crippen molar-refractivity contribution >= 4 is 28.5 Å². The molecular weight excluding hydrogens is 526 g/mol. The van der Waals surface area contributed by atoms with Gasteiger partial charge in [0, 0.05) is 35.9 Å². The van der Waals surface area contributed by atoms with Gasteiger partial charge in [-0.05, 0) is 47.9 Å². The van der Waals surface area contributed by atoms with Crippen molar-refractivity contribution in [3.63, 3.8) is 0 Å². The van der Waals surface area contributed by atoms with Crippen molar-refractivity contribution in [2.45, 2.75) is 30.0 Å². The number of hydrogen-bond acceptors (Lipinski definition) is 7. The Morgan fingerprint density at radius 3 is 2.46 bits per heavy atom. The van der Waals surface area contributed by atoms with E-state index in [1.165, 1.54) is 74.3 Å². The fourth-order valence-corrected chi connectivity index (χ4v) is 5.04. The molecule has 1 aliphatic heterocycles. The molecule has 0 radical (unpaired) electrons. The summed E-state index contributed by atoms with van der Waals surface area (Å²) in [5.74, 6) is -0.368. The van der Waals surface area contributed by atoms with Crippen molar-refractivity contribution in [2.24, 2.45) is 10.7 Å². The van der Waals surface area contributed by atoms with Crippen LogP contribution >= 0.6 is 0 Å². The van der Waals surface area contributed by atoms with Gasteiger partial charge < -0.3 is 15.2 Å². The first-order chi connectivity index (χ1) is 18.6. The summed E-state index contributed by atoms with van der Waals surface area (Å²) >= 11 is 0. The quantitative estimate of drug-likeness (QED) is 0.445. The van der Waals surface area contributed by atoms with E-state index >= 15 is 0 Å². The number of aromatic nitrogens is 1. The van der Waals surface area contributed by atoms with Crippen LogP contribution in [0.1, 0.15) is 35.6 Å². The van der Waals surface area contributed by atoms with Crippen LogP contribution in [0, 0.1) is 11.3 Å². The van der Waals surface area contributed by atoms with Crippen molar-refractivity contribution in [1.29, 1.82) is 5.26 Å². The Morgan fingerprint density at radius 1 is 1.15 bits per heavy atom. The largest absolute Gasteiger partial charge is 0.493 e. The maximum atomic E-state index is 13.5. The van der Waals surface area contributed by atoms with Crippen molar-refractivity contribution in [2.75, 3.05) is 13.4 Å². The van der Waals surface area contributed by atoms with Crippen LogP contribution in [0.25, 0.3) is 5.57 Å². The van der Waals surface area contributed by atoms with E-state index in [2.05, 4.69) is 9.98 Å². The van der Waals surface area contributed by atoms with Crippen LogP contribution in [0.5, 0.6) is 11.5 Å². The summed E-state index contributed by atoms with van der Waals surface area (Å²) in [6, 6.07) is 15.3. The topological polar surface area (TPSA) is 128 Å². The average molecular weight is 551 g/mol. The molecule has 0 spiro atoms. The summed E-state index contributed by atoms with van der Waals surface area (Å²) in [7, 11) is -0.0670. The highest BCUT2D eigenvalue weighted by Gasteiger charge is 2.52. The van der Waals surface area contributed by atoms with E-state index in [0.29, 0.717) is 27.8 Å². The number of methoxy groups -OCH3 is 1. The lowest BCUT2D eigenvalue weighted by molar-refractivity contribution is -0.125. The summed E-state index contributed by atoms with van der Waals surface area (Å²) in [5, 5.41) is 9.47. The molecule has 3 aromatic rings. The normalized spacial score (nSPS) is 19.5. The molecule has 0 aliphatic carbocycles. The van der Waals surface area contributed by atoms with Crippen LogP contribution in [0.3, 0.4) is 0 Å². The molecule has 1 aromatic heterocycles. The molecule has 39 heavy (non-hydrogen) atoms. The van der Waals surface area contributed by atoms with E-state index in [1.54, 1.807) is 13.0 Å². The summed E-state index contributed by atoms with van der Waals surface area (Å²) < 4.78 is 50.3. The smallest absolute Gasteiger partial charge is 0.263 e. The van der Waals surface area contributed by atoms with Gasteiger partial charge in [-0.15, -0.1) is 0 Å². The number of nitriles is 1. The monoisotopic (exact) mass is 550 g/mol. The van der Waals surface area contributed by atoms with Gasteiger partial charge in [0.15, 0.2) is 16.9 Å². The first-order valence-electron chi connectivity index (χ1n) is 11.6. The van der Waals surface area contributed by atoms with E-state index in [9.17, 15) is 23.0 Å². The van der Waals surface area contributed by atoms with E-state index < -0.39 is 34.8 Å². The molecule has 0 saturated carbocycles. The average Bonchev–Trinajstić information content (AvgIpc) is 2.93. The Hall–Kier alpha value is -4.43. The Kier molecular flexibility index (Phi) is 7.88. The number of pyridine rings is 1. The van der Waals surface area contributed by atoms with Gasteiger partial charge in [0.2, 0.25) is 12.1 Å². The highest BCUT2D eigenvalue weighted by molar-refractivity contribution is 7.84. The number of alkyl halides is 2. The van der Waals surface area contributed by atoms with Crippen molar-refractivity contribution in [1.82, 2.24) is 4.98 Å². The molecule has 3 atom stereocenters. The fourth-order valence-electron chi connectivity index (χ4n) is 4.54. The molecular formula is C28H24F2N4O4S. The number of primary amides is 1. The molecule has 200 valence electrons. The molecule has 3 unspecified atom stereocenters. The Labute approximate surface area is 226 Å². The van der Waals surface area contributed by atoms with Crippen LogP contribution in [0.4, 0.5) is 8.78 Å². The lowest BCUT2D eigenvalue weighted by Gasteiger charge is -2.40. The van der Waals surface area contributed by atoms with E-state index in [1.807, 2.05) is 6.07 Å². The van der Waals surface area contributed by atoms with E-state index in [-0.39, 0.29) is 22.1 Å². The second-order valence-corrected chi connectivity index (χ2v) is 10.0. The number of carbonyl (C=O) groups excluding carboxylic acids is 1. The van der Waals surface area contributed by atoms with Gasteiger partial charge >= 0.3 is 0 Å². The number of hydrogen-bond donors (Lipinski definition) is 1. The Balaban J connectivity index is 1.95. The Morgan fingerprint density at radius 2 is 1.87 bits per heavy atom. The van der Waals surface area contributed by atoms with Gasteiger partial charge in [-0.1, -0.05) is 24.3 Å². The van der Waals surface area contributed by atoms with Crippen LogP contribution in [-0.2, 0) is 21.0 Å². The second-order valence-electron chi connectivity index (χ2n) is 8.70. The summed E-state index contributed by atoms with van der Waals surface area (Å²) in [6.07, 6.45) is 0.481. The first-order valence-corrected chi connectivity index (χ1v) is 13.2. The molecule has 0 saturated heterocycles. The number of aliphatic imine (C=N–C) groups is 1. The number of ether oxygens (including phenoxy) is 2. The SMILES string of the molecule is COc1cc(C#N)ccc1OC1N=CC(c2ccc(C(F)F)cc2)=C(C)C1(C(N)=O)c1ccnc(S(C)=O)c1. The molecule has 8 nitrogen and oxygen atoms in total. The standard InChI is InChI=1S/C28H24F2N4O4S/c1-16-21(18-5-7-19(8-6-18)25(29)30)15-34-27(38-22-9-4-17(14-31)12-23(22)37-2)28(16,26(32)35)20-10-11-33-24(13-20)39(3)36/h4-13,15,25,27H,1-3H3,(H2,32,35). The number of carbonyl (C=O) groups is 1. The molecule has 2 N–H and O–H groups in total. The third-order valence-electron chi connectivity index (χ3n) is 6.58. The summed E-state index contributed by atoms with van der Waals surface area (Å²) in [5.41, 5.74) is 6.38. The molecule has 2 heterocycles. The molecule has 11 heteroatoms. The number of nitrogens with zero attached hydrogens (tertiary/aromatic N) is 3. The number of allylic oxidation sites excluding steroid dienone is 1. The van der Waals surface area contributed by atoms with E-state index in [0.717, 1.165) is 0 Å². The molecule has 1 aliphatic rings. The van der Waals surface area contributed by atoms with Crippen LogP contribution in [-0.4, -0.2) is 40.9 Å². The lowest BCUT2D eigenvalue weighted by Crippen LogP contribution is -2.54. The highest BCUT2D eigenvalue weighted by atomic mass is 32.2. The summed E-state index contributed by atoms with van der Waals surface area (Å²) in [6.45, 7) is 1.68. The third-order valence-corrected chi connectivity index (χ3v) is 7.40. The molecule has 0 bridgehead atoms. The van der Waals surface area contributed by atoms with Crippen LogP contribution in [0.15, 0.2) is 76.4 Å². The minimum atomic E-state index is -2.64. The molecule has 0 fully saturated rings. The van der Waals surface area contributed by atoms with Crippen molar-refractivity contribution < 1.29 is 27.3 Å². The first kappa shape index (κ1) is 27.6. The minimum Gasteiger partial charge on any atom is -0.493 e. The maximum absolute atomic E-state index is 13.5. The lowest BCUT2D eigenvalue weighted by atomic mass is 9.69. The highest BCUT2D eigenvalue weighted by Crippen LogP contribution is 2.45. The number of benzene rings is 2. The van der Waals surface area contributed by atoms with Crippen molar-refractivity contribution in [3.8, 4) is 17.6 Å². The molecule has 1 amide bonds. The van der Waals surface area contributed by atoms with Gasteiger partial charge in [-0.25, -0.2) is 18.8 Å². The fraction of sp³-hybridized carbons (Fsp3) is 0.214. The Bertz CT molecular complexity index is 1550. The second kappa shape index (κ2) is 11.1. The zero-order valence-electron chi connectivity index (χ0n) is 21.2. The summed E-state index contributed by atoms with van der Waals surface area (Å²) in [4.78, 5) is 22.2. The number of amides is 1. The number of halogens is 2. The van der Waals surface area contributed by atoms with Gasteiger partial charge in [0.25, 0.3) is 6.43 Å². The third kappa shape index (κ3) is 5.03. The van der Waals surface area contributed by atoms with Gasteiger partial charge in [0.05, 0.1) is 29.5 Å². The number of dihydropyridines is 1. The number of nitrogens with two attached hydrogens (primary N) is 1. The van der Waals surface area contributed by atoms with Crippen LogP contribution in [0.2, 0.25) is 0 Å². The zero-order valence-corrected chi connectivity index (χ0v) is 22.0. The molecule has 4 rings (SSSR count). The minimum absolute atomic E-state index is 0.149.